The molecule has 4 aromatic carbocycles. The van der Waals surface area contributed by atoms with Gasteiger partial charge in [0, 0.05) is 33.4 Å². The molecule has 0 bridgehead atoms. The molecule has 0 spiro atoms. The minimum Gasteiger partial charge on any atom is -0.506 e. The van der Waals surface area contributed by atoms with Gasteiger partial charge in [0.25, 0.3) is 0 Å². The van der Waals surface area contributed by atoms with Crippen LogP contribution in [0, 0.1) is 7.14 Å². The number of halogens is 2. The molecule has 1 heterocycles. The maximum absolute atomic E-state index is 9.93. The summed E-state index contributed by atoms with van der Waals surface area (Å²) in [5, 5.41) is 12.6. The van der Waals surface area contributed by atoms with Crippen molar-refractivity contribution in [2.24, 2.45) is 0 Å². The summed E-state index contributed by atoms with van der Waals surface area (Å²) in [6.07, 6.45) is 0. The van der Waals surface area contributed by atoms with Crippen LogP contribution in [0.2, 0.25) is 0 Å². The van der Waals surface area contributed by atoms with Crippen LogP contribution in [0.1, 0.15) is 5.56 Å². The van der Waals surface area contributed by atoms with Crippen molar-refractivity contribution in [2.75, 3.05) is 0 Å². The minimum atomic E-state index is -0.0829. The van der Waals surface area contributed by atoms with Crippen LogP contribution in [0.5, 0.6) is 11.5 Å². The molecule has 1 N–H and O–H groups in total. The number of ether oxygens (including phenoxy) is 1. The number of phenols is 1. The molecule has 0 aliphatic heterocycles. The van der Waals surface area contributed by atoms with Crippen LogP contribution >= 0.6 is 55.7 Å². The summed E-state index contributed by atoms with van der Waals surface area (Å²) >= 11 is 4.29. The Morgan fingerprint density at radius 1 is 0.733 bits per heavy atom. The van der Waals surface area contributed by atoms with E-state index in [1.807, 2.05) is 12.1 Å². The topological polar surface area (TPSA) is 29.5 Å². The van der Waals surface area contributed by atoms with Crippen molar-refractivity contribution in [3.63, 3.8) is 0 Å². The van der Waals surface area contributed by atoms with Crippen LogP contribution in [0.3, 0.4) is 0 Å². The number of aromatic hydroxyl groups is 1. The van der Waals surface area contributed by atoms with E-state index >= 15 is 0 Å². The molecule has 2 nitrogen and oxygen atoms in total. The first-order valence-corrected chi connectivity index (χ1v) is 12.8. The molecule has 1 aromatic heterocycles. The zero-order valence-corrected chi connectivity index (χ0v) is 20.9. The number of hydrogen-bond acceptors (Lipinski definition) is 2. The third kappa shape index (κ3) is 3.67. The van der Waals surface area contributed by atoms with E-state index < -0.39 is 0 Å². The molecule has 0 aliphatic rings. The molecule has 5 aromatic rings. The smallest absolute Gasteiger partial charge is 0.187 e. The second-order valence-corrected chi connectivity index (χ2v) is 11.3. The molecule has 0 amide bonds. The van der Waals surface area contributed by atoms with Crippen LogP contribution in [-0.2, 0) is 6.61 Å². The predicted octanol–water partition coefficient (Wildman–Crippen LogP) is 8.23. The maximum atomic E-state index is 9.93. The van der Waals surface area contributed by atoms with E-state index in [4.69, 9.17) is 4.74 Å². The fourth-order valence-electron chi connectivity index (χ4n) is 3.65. The van der Waals surface area contributed by atoms with Gasteiger partial charge < -0.3 is 9.84 Å². The molecule has 0 fully saturated rings. The van der Waals surface area contributed by atoms with E-state index in [-0.39, 0.29) is 10.5 Å². The van der Waals surface area contributed by atoms with E-state index in [2.05, 4.69) is 118 Å². The molecule has 0 aliphatic carbocycles. The van der Waals surface area contributed by atoms with Gasteiger partial charge >= 0.3 is 0 Å². The normalized spacial score (nSPS) is 11.3. The molecule has 5 heteroatoms. The van der Waals surface area contributed by atoms with Crippen molar-refractivity contribution in [2.45, 2.75) is 6.61 Å². The average molecular weight is 635 g/mol. The van der Waals surface area contributed by atoms with Crippen molar-refractivity contribution in [1.82, 2.24) is 0 Å². The van der Waals surface area contributed by atoms with Crippen molar-refractivity contribution in [3.05, 3.63) is 97.6 Å². The molecule has 148 valence electrons. The van der Waals surface area contributed by atoms with Crippen LogP contribution in [0.15, 0.2) is 84.9 Å². The van der Waals surface area contributed by atoms with Crippen molar-refractivity contribution < 1.29 is 9.84 Å². The highest BCUT2D eigenvalue weighted by Gasteiger charge is 2.22. The lowest BCUT2D eigenvalue weighted by Crippen LogP contribution is -1.97. The number of fused-ring (bicyclic) bond motifs is 3. The molecule has 0 radical (unpaired) electrons. The predicted molar refractivity (Wildman–Crippen MR) is 143 cm³/mol. The molecule has 0 unspecified atom stereocenters. The first kappa shape index (κ1) is 20.1. The summed E-state index contributed by atoms with van der Waals surface area (Å²) in [7, 11) is -0.0829. The van der Waals surface area contributed by atoms with Gasteiger partial charge in [0.1, 0.15) is 18.1 Å². The Hall–Kier alpha value is -1.84. The zero-order chi connectivity index (χ0) is 20.7. The van der Waals surface area contributed by atoms with Gasteiger partial charge in [-0.2, -0.15) is 0 Å². The van der Waals surface area contributed by atoms with Gasteiger partial charge in [-0.15, -0.1) is 0 Å². The average Bonchev–Trinajstić information content (AvgIpc) is 3.11. The summed E-state index contributed by atoms with van der Waals surface area (Å²) in [6, 6.07) is 29.8. The Labute approximate surface area is 204 Å². The zero-order valence-electron chi connectivity index (χ0n) is 15.8. The van der Waals surface area contributed by atoms with E-state index in [0.29, 0.717) is 12.4 Å². The number of thiophene rings is 1. The van der Waals surface area contributed by atoms with Crippen molar-refractivity contribution >= 4 is 75.8 Å². The molecule has 0 atom stereocenters. The SMILES string of the molecule is Oc1c(I)cc(COc2ccc(-[s+]3c4ccccc4c4ccccc43)cc2)cc1I. The second kappa shape index (κ2) is 8.36. The minimum absolute atomic E-state index is 0.0829. The standard InChI is InChI=1S/C25H16I2O2S/c26-21-13-16(14-22(27)25(21)28)15-29-17-9-11-18(12-10-17)30-23-7-3-1-5-19(23)20-6-2-4-8-24(20)30/h1-14H,15H2/p+1. The Balaban J connectivity index is 1.46. The van der Waals surface area contributed by atoms with Crippen LogP contribution < -0.4 is 4.74 Å². The summed E-state index contributed by atoms with van der Waals surface area (Å²) in [5.74, 6) is 1.18. The Bertz CT molecular complexity index is 1300. The van der Waals surface area contributed by atoms with Gasteiger partial charge in [0.05, 0.1) is 7.14 Å². The summed E-state index contributed by atoms with van der Waals surface area (Å²) < 4.78 is 10.5. The third-order valence-electron chi connectivity index (χ3n) is 5.05. The summed E-state index contributed by atoms with van der Waals surface area (Å²) in [6.45, 7) is 0.475. The largest absolute Gasteiger partial charge is 0.506 e. The van der Waals surface area contributed by atoms with Crippen LogP contribution in [0.25, 0.3) is 25.1 Å². The lowest BCUT2D eigenvalue weighted by atomic mass is 10.2. The van der Waals surface area contributed by atoms with Crippen LogP contribution in [-0.4, -0.2) is 5.11 Å². The number of rotatable bonds is 4. The van der Waals surface area contributed by atoms with Gasteiger partial charge in [-0.25, -0.2) is 0 Å². The lowest BCUT2D eigenvalue weighted by molar-refractivity contribution is 0.306. The first-order valence-electron chi connectivity index (χ1n) is 9.44. The molecular formula is C25H17I2O2S+. The molecule has 0 saturated carbocycles. The van der Waals surface area contributed by atoms with E-state index in [1.54, 1.807) is 0 Å². The van der Waals surface area contributed by atoms with Gasteiger partial charge in [0.2, 0.25) is 0 Å². The Morgan fingerprint density at radius 3 is 1.83 bits per heavy atom. The summed E-state index contributed by atoms with van der Waals surface area (Å²) in [5.41, 5.74) is 1.05. The molecular weight excluding hydrogens is 618 g/mol. The Morgan fingerprint density at radius 2 is 1.27 bits per heavy atom. The van der Waals surface area contributed by atoms with Crippen molar-refractivity contribution in [3.8, 4) is 16.4 Å². The van der Waals surface area contributed by atoms with Gasteiger partial charge in [-0.3, -0.25) is 0 Å². The highest BCUT2D eigenvalue weighted by atomic mass is 127. The van der Waals surface area contributed by atoms with Gasteiger partial charge in [-0.05, 0) is 99.3 Å². The molecule has 5 rings (SSSR count). The maximum Gasteiger partial charge on any atom is 0.187 e. The highest BCUT2D eigenvalue weighted by molar-refractivity contribution is 14.1. The van der Waals surface area contributed by atoms with Crippen LogP contribution in [0.4, 0.5) is 0 Å². The Kier molecular flexibility index (Phi) is 5.59. The summed E-state index contributed by atoms with van der Waals surface area (Å²) in [4.78, 5) is 1.30. The highest BCUT2D eigenvalue weighted by Crippen LogP contribution is 2.48. The monoisotopic (exact) mass is 635 g/mol. The quantitative estimate of drug-likeness (QED) is 0.159. The molecule has 30 heavy (non-hydrogen) atoms. The second-order valence-electron chi connectivity index (χ2n) is 6.97. The first-order chi connectivity index (χ1) is 14.6. The van der Waals surface area contributed by atoms with Gasteiger partial charge in [0.15, 0.2) is 14.3 Å². The number of phenolic OH excluding ortho intramolecular Hbond substituents is 1. The fourth-order valence-corrected chi connectivity index (χ4v) is 7.92. The van der Waals surface area contributed by atoms with Gasteiger partial charge in [-0.1, -0.05) is 24.3 Å². The van der Waals surface area contributed by atoms with E-state index in [1.165, 1.54) is 25.1 Å². The van der Waals surface area contributed by atoms with E-state index in [9.17, 15) is 5.11 Å². The third-order valence-corrected chi connectivity index (χ3v) is 9.03. The molecule has 0 saturated heterocycles. The van der Waals surface area contributed by atoms with Crippen molar-refractivity contribution in [1.29, 1.82) is 0 Å². The van der Waals surface area contributed by atoms with E-state index in [0.717, 1.165) is 18.5 Å². The fraction of sp³-hybridized carbons (Fsp3) is 0.0400. The lowest BCUT2D eigenvalue weighted by Gasteiger charge is -2.08. The number of benzene rings is 4. The number of hydrogen-bond donors (Lipinski definition) is 1.